The van der Waals surface area contributed by atoms with Gasteiger partial charge in [-0.3, -0.25) is 0 Å². The number of nitrogens with one attached hydrogen (secondary N) is 1. The fraction of sp³-hybridized carbons (Fsp3) is 0.429. The Kier molecular flexibility index (Phi) is 5.24. The maximum absolute atomic E-state index is 11.6. The summed E-state index contributed by atoms with van der Waals surface area (Å²) in [4.78, 5) is 26.6. The van der Waals surface area contributed by atoms with Crippen molar-refractivity contribution in [2.75, 3.05) is 0 Å². The van der Waals surface area contributed by atoms with Crippen molar-refractivity contribution < 1.29 is 19.4 Å². The smallest absolute Gasteiger partial charge is 0.408 e. The number of nitriles is 1. The van der Waals surface area contributed by atoms with Crippen LogP contribution in [0.5, 0.6) is 0 Å². The van der Waals surface area contributed by atoms with Crippen molar-refractivity contribution in [3.05, 3.63) is 29.6 Å². The summed E-state index contributed by atoms with van der Waals surface area (Å²) in [7, 11) is 0. The largest absolute Gasteiger partial charge is 0.480 e. The monoisotopic (exact) mass is 291 g/mol. The Balaban J connectivity index is 2.72. The molecule has 0 fully saturated rings. The molecule has 1 aromatic rings. The molecule has 7 nitrogen and oxygen atoms in total. The van der Waals surface area contributed by atoms with Gasteiger partial charge in [0.2, 0.25) is 0 Å². The summed E-state index contributed by atoms with van der Waals surface area (Å²) in [5.41, 5.74) is 0.131. The molecule has 21 heavy (non-hydrogen) atoms. The maximum atomic E-state index is 11.6. The van der Waals surface area contributed by atoms with Crippen LogP contribution in [0.3, 0.4) is 0 Å². The number of aliphatic carboxylic acids is 1. The number of carbonyl (C=O) groups is 2. The average Bonchev–Trinajstić information content (AvgIpc) is 2.36. The first-order chi connectivity index (χ1) is 9.71. The summed E-state index contributed by atoms with van der Waals surface area (Å²) >= 11 is 0. The molecule has 7 heteroatoms. The minimum absolute atomic E-state index is 0.0489. The minimum atomic E-state index is -1.18. The summed E-state index contributed by atoms with van der Waals surface area (Å²) in [6.07, 6.45) is 0.662. The van der Waals surface area contributed by atoms with Crippen molar-refractivity contribution in [3.63, 3.8) is 0 Å². The second kappa shape index (κ2) is 6.70. The van der Waals surface area contributed by atoms with E-state index in [0.717, 1.165) is 0 Å². The van der Waals surface area contributed by atoms with Crippen molar-refractivity contribution >= 4 is 12.1 Å². The molecule has 0 radical (unpaired) electrons. The van der Waals surface area contributed by atoms with Gasteiger partial charge in [-0.1, -0.05) is 6.07 Å². The van der Waals surface area contributed by atoms with Crippen LogP contribution in [-0.2, 0) is 16.0 Å². The lowest BCUT2D eigenvalue weighted by Gasteiger charge is -2.22. The van der Waals surface area contributed by atoms with Gasteiger partial charge >= 0.3 is 12.1 Å². The number of amides is 1. The average molecular weight is 291 g/mol. The summed E-state index contributed by atoms with van der Waals surface area (Å²) in [6, 6.07) is 3.82. The molecule has 1 heterocycles. The molecule has 0 saturated heterocycles. The van der Waals surface area contributed by atoms with Crippen LogP contribution >= 0.6 is 0 Å². The van der Waals surface area contributed by atoms with E-state index in [-0.39, 0.29) is 12.1 Å². The number of pyridine rings is 1. The van der Waals surface area contributed by atoms with Crippen molar-refractivity contribution in [3.8, 4) is 6.07 Å². The number of hydrogen-bond donors (Lipinski definition) is 2. The lowest BCUT2D eigenvalue weighted by atomic mass is 10.1. The summed E-state index contributed by atoms with van der Waals surface area (Å²) in [5, 5.41) is 20.1. The number of carboxylic acid groups (broad SMARTS) is 1. The van der Waals surface area contributed by atoms with E-state index in [4.69, 9.17) is 15.1 Å². The molecule has 0 saturated carbocycles. The molecule has 1 aromatic heterocycles. The summed E-state index contributed by atoms with van der Waals surface area (Å²) < 4.78 is 5.02. The van der Waals surface area contributed by atoms with Crippen molar-refractivity contribution in [1.29, 1.82) is 5.26 Å². The molecule has 0 aliphatic rings. The van der Waals surface area contributed by atoms with Crippen LogP contribution in [0.25, 0.3) is 0 Å². The van der Waals surface area contributed by atoms with Crippen molar-refractivity contribution in [2.45, 2.75) is 38.8 Å². The zero-order valence-corrected chi connectivity index (χ0v) is 12.1. The fourth-order valence-electron chi connectivity index (χ4n) is 1.50. The SMILES string of the molecule is CC(C)(C)OC(=O)N[C@@H](Cc1ccc(C#N)nc1)C(=O)O. The second-order valence-electron chi connectivity index (χ2n) is 5.40. The van der Waals surface area contributed by atoms with Gasteiger partial charge in [0, 0.05) is 12.6 Å². The standard InChI is InChI=1S/C14H17N3O4/c1-14(2,3)21-13(20)17-11(12(18)19)6-9-4-5-10(7-15)16-8-9/h4-5,8,11H,6H2,1-3H3,(H,17,20)(H,18,19)/t11-/m0/s1. The molecular formula is C14H17N3O4. The molecule has 0 unspecified atom stereocenters. The van der Waals surface area contributed by atoms with Crippen LogP contribution in [-0.4, -0.2) is 33.8 Å². The fourth-order valence-corrected chi connectivity index (χ4v) is 1.50. The highest BCUT2D eigenvalue weighted by molar-refractivity contribution is 5.80. The van der Waals surface area contributed by atoms with Gasteiger partial charge in [0.05, 0.1) is 0 Å². The maximum Gasteiger partial charge on any atom is 0.408 e. The van der Waals surface area contributed by atoms with Gasteiger partial charge in [-0.15, -0.1) is 0 Å². The number of ether oxygens (including phenoxy) is 1. The van der Waals surface area contributed by atoms with Gasteiger partial charge in [0.1, 0.15) is 23.4 Å². The van der Waals surface area contributed by atoms with Gasteiger partial charge in [-0.25, -0.2) is 14.6 Å². The quantitative estimate of drug-likeness (QED) is 0.868. The number of nitrogens with zero attached hydrogens (tertiary/aromatic N) is 2. The van der Waals surface area contributed by atoms with E-state index in [9.17, 15) is 9.59 Å². The number of hydrogen-bond acceptors (Lipinski definition) is 5. The van der Waals surface area contributed by atoms with Gasteiger partial charge in [0.15, 0.2) is 0 Å². The van der Waals surface area contributed by atoms with Crippen LogP contribution in [0.4, 0.5) is 4.79 Å². The molecule has 0 spiro atoms. The molecule has 0 aromatic carbocycles. The molecule has 0 aliphatic carbocycles. The third kappa shape index (κ3) is 5.91. The number of aromatic nitrogens is 1. The zero-order valence-electron chi connectivity index (χ0n) is 12.1. The normalized spacial score (nSPS) is 12.1. The number of carbonyl (C=O) groups excluding carboxylic acids is 1. The first-order valence-corrected chi connectivity index (χ1v) is 6.28. The predicted molar refractivity (Wildman–Crippen MR) is 73.4 cm³/mol. The van der Waals surface area contributed by atoms with E-state index in [0.29, 0.717) is 5.56 Å². The van der Waals surface area contributed by atoms with Gasteiger partial charge in [-0.05, 0) is 32.4 Å². The van der Waals surface area contributed by atoms with E-state index < -0.39 is 23.7 Å². The van der Waals surface area contributed by atoms with Crippen LogP contribution in [0, 0.1) is 11.3 Å². The molecule has 0 aliphatic heterocycles. The van der Waals surface area contributed by atoms with Crippen molar-refractivity contribution in [2.24, 2.45) is 0 Å². The molecular weight excluding hydrogens is 274 g/mol. The Hall–Kier alpha value is -2.62. The van der Waals surface area contributed by atoms with E-state index in [1.54, 1.807) is 26.8 Å². The van der Waals surface area contributed by atoms with Crippen LogP contribution in [0.15, 0.2) is 18.3 Å². The van der Waals surface area contributed by atoms with E-state index in [1.807, 2.05) is 6.07 Å². The lowest BCUT2D eigenvalue weighted by Crippen LogP contribution is -2.44. The van der Waals surface area contributed by atoms with E-state index in [2.05, 4.69) is 10.3 Å². The molecule has 1 atom stereocenters. The van der Waals surface area contributed by atoms with Gasteiger partial charge < -0.3 is 15.2 Å². The Morgan fingerprint density at radius 3 is 2.57 bits per heavy atom. The topological polar surface area (TPSA) is 112 Å². The highest BCUT2D eigenvalue weighted by Crippen LogP contribution is 2.08. The Morgan fingerprint density at radius 1 is 1.48 bits per heavy atom. The molecule has 1 amide bonds. The van der Waals surface area contributed by atoms with Gasteiger partial charge in [-0.2, -0.15) is 5.26 Å². The first kappa shape index (κ1) is 16.4. The van der Waals surface area contributed by atoms with E-state index >= 15 is 0 Å². The third-order valence-electron chi connectivity index (χ3n) is 2.37. The summed E-state index contributed by atoms with van der Waals surface area (Å²) in [6.45, 7) is 5.06. The first-order valence-electron chi connectivity index (χ1n) is 6.28. The Morgan fingerprint density at radius 2 is 2.14 bits per heavy atom. The van der Waals surface area contributed by atoms with Gasteiger partial charge in [0.25, 0.3) is 0 Å². The molecule has 112 valence electrons. The third-order valence-corrected chi connectivity index (χ3v) is 2.37. The summed E-state index contributed by atoms with van der Waals surface area (Å²) in [5.74, 6) is -1.18. The highest BCUT2D eigenvalue weighted by atomic mass is 16.6. The van der Waals surface area contributed by atoms with Crippen LogP contribution in [0.1, 0.15) is 32.0 Å². The Labute approximate surface area is 122 Å². The van der Waals surface area contributed by atoms with Crippen molar-refractivity contribution in [1.82, 2.24) is 10.3 Å². The van der Waals surface area contributed by atoms with E-state index in [1.165, 1.54) is 12.3 Å². The predicted octanol–water partition coefficient (Wildman–Crippen LogP) is 1.47. The Bertz CT molecular complexity index is 555. The van der Waals surface area contributed by atoms with Crippen LogP contribution in [0.2, 0.25) is 0 Å². The second-order valence-corrected chi connectivity index (χ2v) is 5.40. The molecule has 1 rings (SSSR count). The zero-order chi connectivity index (χ0) is 16.0. The number of carboxylic acids is 1. The molecule has 0 bridgehead atoms. The van der Waals surface area contributed by atoms with Crippen LogP contribution < -0.4 is 5.32 Å². The number of alkyl carbamates (subject to hydrolysis) is 1. The highest BCUT2D eigenvalue weighted by Gasteiger charge is 2.24. The molecule has 2 N–H and O–H groups in total. The minimum Gasteiger partial charge on any atom is -0.480 e. The number of rotatable bonds is 4. The lowest BCUT2D eigenvalue weighted by molar-refractivity contribution is -0.139.